The number of thiazole rings is 1. The Balaban J connectivity index is 1.57. The molecule has 1 aliphatic heterocycles. The van der Waals surface area contributed by atoms with Gasteiger partial charge in [-0.2, -0.15) is 0 Å². The van der Waals surface area contributed by atoms with E-state index >= 15 is 0 Å². The molecular formula is C12H21N3S. The number of rotatable bonds is 5. The monoisotopic (exact) mass is 239 g/mol. The number of nitrogens with one attached hydrogen (secondary N) is 2. The Labute approximate surface area is 102 Å². The fourth-order valence-corrected chi connectivity index (χ4v) is 2.94. The van der Waals surface area contributed by atoms with Gasteiger partial charge in [-0.3, -0.25) is 0 Å². The third kappa shape index (κ3) is 3.85. The number of aromatic nitrogens is 1. The fraction of sp³-hybridized carbons (Fsp3) is 0.750. The second-order valence-electron chi connectivity index (χ2n) is 4.50. The average molecular weight is 239 g/mol. The van der Waals surface area contributed by atoms with Gasteiger partial charge in [0.05, 0.1) is 5.01 Å². The van der Waals surface area contributed by atoms with E-state index in [4.69, 9.17) is 0 Å². The third-order valence-corrected chi connectivity index (χ3v) is 4.07. The van der Waals surface area contributed by atoms with E-state index in [-0.39, 0.29) is 0 Å². The van der Waals surface area contributed by atoms with Gasteiger partial charge in [-0.05, 0) is 51.7 Å². The smallest absolute Gasteiger partial charge is 0.0897 e. The van der Waals surface area contributed by atoms with Gasteiger partial charge in [0.2, 0.25) is 0 Å². The second kappa shape index (κ2) is 6.33. The summed E-state index contributed by atoms with van der Waals surface area (Å²) in [5.41, 5.74) is 0. The van der Waals surface area contributed by atoms with Gasteiger partial charge in [0.1, 0.15) is 0 Å². The van der Waals surface area contributed by atoms with E-state index in [1.165, 1.54) is 37.2 Å². The quantitative estimate of drug-likeness (QED) is 0.771. The van der Waals surface area contributed by atoms with Crippen LogP contribution in [-0.4, -0.2) is 24.6 Å². The highest BCUT2D eigenvalue weighted by Crippen LogP contribution is 2.15. The van der Waals surface area contributed by atoms with Gasteiger partial charge < -0.3 is 10.6 Å². The van der Waals surface area contributed by atoms with Crippen molar-refractivity contribution in [1.29, 1.82) is 0 Å². The van der Waals surface area contributed by atoms with Crippen LogP contribution in [0.15, 0.2) is 6.20 Å². The van der Waals surface area contributed by atoms with Gasteiger partial charge in [0.15, 0.2) is 0 Å². The summed E-state index contributed by atoms with van der Waals surface area (Å²) in [5.74, 6) is 0.928. The summed E-state index contributed by atoms with van der Waals surface area (Å²) in [4.78, 5) is 5.61. The molecule has 0 atom stereocenters. The van der Waals surface area contributed by atoms with E-state index in [1.54, 1.807) is 11.3 Å². The summed E-state index contributed by atoms with van der Waals surface area (Å²) >= 11 is 1.79. The van der Waals surface area contributed by atoms with Crippen molar-refractivity contribution in [3.05, 3.63) is 16.1 Å². The Kier molecular flexibility index (Phi) is 4.75. The van der Waals surface area contributed by atoms with Crippen LogP contribution in [0.3, 0.4) is 0 Å². The maximum Gasteiger partial charge on any atom is 0.0897 e. The maximum atomic E-state index is 4.26. The zero-order valence-corrected chi connectivity index (χ0v) is 10.8. The molecule has 2 N–H and O–H groups in total. The molecule has 0 saturated carbocycles. The Morgan fingerprint density at radius 1 is 1.50 bits per heavy atom. The normalized spacial score (nSPS) is 17.8. The van der Waals surface area contributed by atoms with E-state index in [2.05, 4.69) is 22.5 Å². The predicted octanol–water partition coefficient (Wildman–Crippen LogP) is 1.93. The SMILES string of the molecule is Cc1ncc(CNCCC2CCNCC2)s1. The first-order chi connectivity index (χ1) is 7.84. The van der Waals surface area contributed by atoms with Crippen molar-refractivity contribution in [3.63, 3.8) is 0 Å². The Hall–Kier alpha value is -0.450. The highest BCUT2D eigenvalue weighted by atomic mass is 32.1. The number of hydrogen-bond donors (Lipinski definition) is 2. The molecule has 0 spiro atoms. The largest absolute Gasteiger partial charge is 0.317 e. The van der Waals surface area contributed by atoms with Crippen LogP contribution in [0.4, 0.5) is 0 Å². The number of nitrogens with zero attached hydrogens (tertiary/aromatic N) is 1. The minimum absolute atomic E-state index is 0.928. The summed E-state index contributed by atoms with van der Waals surface area (Å²) in [5, 5.41) is 8.08. The molecular weight excluding hydrogens is 218 g/mol. The van der Waals surface area contributed by atoms with Gasteiger partial charge in [0.25, 0.3) is 0 Å². The fourth-order valence-electron chi connectivity index (χ4n) is 2.18. The second-order valence-corrected chi connectivity index (χ2v) is 5.82. The molecule has 0 aromatic carbocycles. The maximum absolute atomic E-state index is 4.26. The molecule has 2 heterocycles. The molecule has 1 fully saturated rings. The zero-order valence-electron chi connectivity index (χ0n) is 9.96. The highest BCUT2D eigenvalue weighted by Gasteiger charge is 2.11. The molecule has 0 aliphatic carbocycles. The van der Waals surface area contributed by atoms with Crippen LogP contribution < -0.4 is 10.6 Å². The van der Waals surface area contributed by atoms with E-state index in [1.807, 2.05) is 6.20 Å². The van der Waals surface area contributed by atoms with Gasteiger partial charge >= 0.3 is 0 Å². The minimum atomic E-state index is 0.928. The highest BCUT2D eigenvalue weighted by molar-refractivity contribution is 7.11. The van der Waals surface area contributed by atoms with Crippen LogP contribution in [0, 0.1) is 12.8 Å². The van der Waals surface area contributed by atoms with Crippen molar-refractivity contribution in [2.75, 3.05) is 19.6 Å². The first kappa shape index (κ1) is 12.0. The lowest BCUT2D eigenvalue weighted by molar-refractivity contribution is 0.348. The van der Waals surface area contributed by atoms with Crippen molar-refractivity contribution >= 4 is 11.3 Å². The van der Waals surface area contributed by atoms with E-state index in [0.29, 0.717) is 0 Å². The van der Waals surface area contributed by atoms with E-state index in [0.717, 1.165) is 24.0 Å². The molecule has 1 aromatic heterocycles. The minimum Gasteiger partial charge on any atom is -0.317 e. The molecule has 1 aromatic rings. The lowest BCUT2D eigenvalue weighted by Crippen LogP contribution is -2.29. The van der Waals surface area contributed by atoms with Crippen molar-refractivity contribution in [2.24, 2.45) is 5.92 Å². The number of piperidine rings is 1. The van der Waals surface area contributed by atoms with Crippen LogP contribution in [0.25, 0.3) is 0 Å². The van der Waals surface area contributed by atoms with Gasteiger partial charge in [-0.15, -0.1) is 11.3 Å². The summed E-state index contributed by atoms with van der Waals surface area (Å²) in [6, 6.07) is 0. The van der Waals surface area contributed by atoms with Crippen molar-refractivity contribution in [2.45, 2.75) is 32.7 Å². The topological polar surface area (TPSA) is 37.0 Å². The molecule has 3 nitrogen and oxygen atoms in total. The van der Waals surface area contributed by atoms with E-state index < -0.39 is 0 Å². The summed E-state index contributed by atoms with van der Waals surface area (Å²) in [6.07, 6.45) is 6.00. The Bertz CT molecular complexity index is 305. The molecule has 16 heavy (non-hydrogen) atoms. The van der Waals surface area contributed by atoms with Crippen LogP contribution in [0.5, 0.6) is 0 Å². The summed E-state index contributed by atoms with van der Waals surface area (Å²) < 4.78 is 0. The van der Waals surface area contributed by atoms with Crippen molar-refractivity contribution in [1.82, 2.24) is 15.6 Å². The molecule has 90 valence electrons. The first-order valence-electron chi connectivity index (χ1n) is 6.17. The van der Waals surface area contributed by atoms with E-state index in [9.17, 15) is 0 Å². The lowest BCUT2D eigenvalue weighted by Gasteiger charge is -2.22. The molecule has 1 saturated heterocycles. The van der Waals surface area contributed by atoms with Crippen LogP contribution in [0.1, 0.15) is 29.1 Å². The first-order valence-corrected chi connectivity index (χ1v) is 6.99. The van der Waals surface area contributed by atoms with Gasteiger partial charge in [-0.25, -0.2) is 4.98 Å². The van der Waals surface area contributed by atoms with Crippen LogP contribution >= 0.6 is 11.3 Å². The van der Waals surface area contributed by atoms with Crippen molar-refractivity contribution < 1.29 is 0 Å². The van der Waals surface area contributed by atoms with Gasteiger partial charge in [-0.1, -0.05) is 0 Å². The molecule has 0 unspecified atom stereocenters. The summed E-state index contributed by atoms with van der Waals surface area (Å²) in [7, 11) is 0. The standard InChI is InChI=1S/C12H21N3S/c1-10-15-9-12(16-10)8-14-7-4-11-2-5-13-6-3-11/h9,11,13-14H,2-8H2,1H3. The number of aryl methyl sites for hydroxylation is 1. The van der Waals surface area contributed by atoms with Crippen LogP contribution in [0.2, 0.25) is 0 Å². The summed E-state index contributed by atoms with van der Waals surface area (Å²) in [6.45, 7) is 6.60. The molecule has 0 bridgehead atoms. The average Bonchev–Trinajstić information content (AvgIpc) is 2.72. The molecule has 4 heteroatoms. The van der Waals surface area contributed by atoms with Gasteiger partial charge in [0, 0.05) is 17.6 Å². The molecule has 2 rings (SSSR count). The van der Waals surface area contributed by atoms with Crippen molar-refractivity contribution in [3.8, 4) is 0 Å². The Morgan fingerprint density at radius 3 is 3.00 bits per heavy atom. The molecule has 1 aliphatic rings. The zero-order chi connectivity index (χ0) is 11.2. The lowest BCUT2D eigenvalue weighted by atomic mass is 9.95. The third-order valence-electron chi connectivity index (χ3n) is 3.16. The molecule has 0 radical (unpaired) electrons. The van der Waals surface area contributed by atoms with Crippen LogP contribution in [-0.2, 0) is 6.54 Å². The molecule has 0 amide bonds. The number of hydrogen-bond acceptors (Lipinski definition) is 4. The predicted molar refractivity (Wildman–Crippen MR) is 68.8 cm³/mol. The Morgan fingerprint density at radius 2 is 2.31 bits per heavy atom.